The number of benzene rings is 1. The molecule has 2 aromatic heterocycles. The lowest BCUT2D eigenvalue weighted by Crippen LogP contribution is -2.50. The third kappa shape index (κ3) is 6.84. The van der Waals surface area contributed by atoms with Crippen LogP contribution in [0.3, 0.4) is 0 Å². The second kappa shape index (κ2) is 12.8. The van der Waals surface area contributed by atoms with Crippen LogP contribution >= 0.6 is 0 Å². The number of nitrogens with zero attached hydrogens (tertiary/aromatic N) is 6. The number of rotatable bonds is 5. The number of fused-ring (bicyclic) bond motifs is 1. The molecule has 1 N–H and O–H groups in total. The Bertz CT molecular complexity index is 1550. The molecule has 3 fully saturated rings. The summed E-state index contributed by atoms with van der Waals surface area (Å²) in [5, 5.41) is 3.74. The Balaban J connectivity index is 1.38. The van der Waals surface area contributed by atoms with E-state index in [1.165, 1.54) is 6.07 Å². The summed E-state index contributed by atoms with van der Waals surface area (Å²) in [6, 6.07) is 4.18. The van der Waals surface area contributed by atoms with Crippen molar-refractivity contribution >= 4 is 45.7 Å². The van der Waals surface area contributed by atoms with E-state index in [0.29, 0.717) is 88.5 Å². The van der Waals surface area contributed by atoms with Gasteiger partial charge in [-0.25, -0.2) is 23.5 Å². The number of aromatic nitrogens is 2. The van der Waals surface area contributed by atoms with Crippen LogP contribution in [0.1, 0.15) is 26.3 Å². The number of nitrogens with one attached hydrogen (secondary N) is 1. The summed E-state index contributed by atoms with van der Waals surface area (Å²) in [4.78, 5) is 30.4. The van der Waals surface area contributed by atoms with Crippen molar-refractivity contribution in [1.82, 2.24) is 14.9 Å². The third-order valence-corrected chi connectivity index (χ3v) is 8.25. The van der Waals surface area contributed by atoms with E-state index in [-0.39, 0.29) is 17.0 Å². The summed E-state index contributed by atoms with van der Waals surface area (Å²) in [6.07, 6.45) is 1.50. The molecule has 13 heteroatoms. The van der Waals surface area contributed by atoms with E-state index in [1.54, 1.807) is 4.90 Å². The monoisotopic (exact) mass is 625 g/mol. The van der Waals surface area contributed by atoms with Crippen LogP contribution in [0.2, 0.25) is 0 Å². The molecule has 0 unspecified atom stereocenters. The molecule has 1 amide bonds. The minimum absolute atomic E-state index is 0.203. The average Bonchev–Trinajstić information content (AvgIpc) is 3.02. The van der Waals surface area contributed by atoms with E-state index in [9.17, 15) is 9.18 Å². The molecule has 3 aromatic rings. The number of ether oxygens (including phenoxy) is 3. The fourth-order valence-electron chi connectivity index (χ4n) is 5.98. The van der Waals surface area contributed by atoms with Gasteiger partial charge in [-0.15, -0.1) is 0 Å². The molecule has 1 aromatic carbocycles. The highest BCUT2D eigenvalue weighted by Crippen LogP contribution is 2.40. The number of piperazine rings is 1. The number of hydrogen-bond acceptors (Lipinski definition) is 10. The van der Waals surface area contributed by atoms with Crippen LogP contribution in [0.4, 0.5) is 42.3 Å². The molecule has 0 atom stereocenters. The predicted molar refractivity (Wildman–Crippen MR) is 170 cm³/mol. The molecule has 6 rings (SSSR count). The lowest BCUT2D eigenvalue weighted by atomic mass is 10.1. The molecular weight excluding hydrogens is 584 g/mol. The number of morpholine rings is 2. The summed E-state index contributed by atoms with van der Waals surface area (Å²) in [7, 11) is 0. The summed E-state index contributed by atoms with van der Waals surface area (Å²) in [5.41, 5.74) is 2.46. The maximum absolute atomic E-state index is 15.6. The van der Waals surface area contributed by atoms with Gasteiger partial charge in [-0.05, 0) is 33.8 Å². The summed E-state index contributed by atoms with van der Waals surface area (Å²) >= 11 is 0. The first-order chi connectivity index (χ1) is 21.6. The van der Waals surface area contributed by atoms with Crippen molar-refractivity contribution in [2.24, 2.45) is 0 Å². The van der Waals surface area contributed by atoms with Crippen LogP contribution in [0.5, 0.6) is 0 Å². The first-order valence-corrected chi connectivity index (χ1v) is 15.5. The van der Waals surface area contributed by atoms with E-state index in [2.05, 4.69) is 20.0 Å². The van der Waals surface area contributed by atoms with Crippen LogP contribution in [0.25, 0.3) is 10.9 Å². The second-order valence-corrected chi connectivity index (χ2v) is 12.6. The third-order valence-electron chi connectivity index (χ3n) is 8.25. The van der Waals surface area contributed by atoms with E-state index >= 15 is 4.39 Å². The molecule has 3 aliphatic rings. The summed E-state index contributed by atoms with van der Waals surface area (Å²) < 4.78 is 46.9. The minimum Gasteiger partial charge on any atom is -0.444 e. The molecule has 3 saturated heterocycles. The molecule has 45 heavy (non-hydrogen) atoms. The Morgan fingerprint density at radius 3 is 2.13 bits per heavy atom. The van der Waals surface area contributed by atoms with Crippen molar-refractivity contribution in [3.05, 3.63) is 41.6 Å². The molecular formula is C32H41F2N7O4. The van der Waals surface area contributed by atoms with Gasteiger partial charge in [-0.3, -0.25) is 0 Å². The zero-order chi connectivity index (χ0) is 31.7. The Labute approximate surface area is 262 Å². The Morgan fingerprint density at radius 2 is 1.49 bits per heavy atom. The van der Waals surface area contributed by atoms with E-state index in [1.807, 2.05) is 40.0 Å². The maximum Gasteiger partial charge on any atom is 0.410 e. The van der Waals surface area contributed by atoms with Gasteiger partial charge < -0.3 is 39.1 Å². The maximum atomic E-state index is 15.6. The molecule has 0 bridgehead atoms. The smallest absolute Gasteiger partial charge is 0.410 e. The molecule has 11 nitrogen and oxygen atoms in total. The Hall–Kier alpha value is -3.97. The van der Waals surface area contributed by atoms with Gasteiger partial charge in [-0.1, -0.05) is 0 Å². The van der Waals surface area contributed by atoms with Crippen molar-refractivity contribution in [1.29, 1.82) is 0 Å². The fourth-order valence-corrected chi connectivity index (χ4v) is 5.98. The van der Waals surface area contributed by atoms with Crippen LogP contribution in [0, 0.1) is 18.6 Å². The van der Waals surface area contributed by atoms with Crippen LogP contribution in [-0.4, -0.2) is 105 Å². The molecule has 5 heterocycles. The van der Waals surface area contributed by atoms with Crippen LogP contribution < -0.4 is 20.0 Å². The van der Waals surface area contributed by atoms with Gasteiger partial charge in [0, 0.05) is 70.1 Å². The number of pyridine rings is 2. The zero-order valence-electron chi connectivity index (χ0n) is 26.4. The van der Waals surface area contributed by atoms with Crippen molar-refractivity contribution in [3.63, 3.8) is 0 Å². The summed E-state index contributed by atoms with van der Waals surface area (Å²) in [6.45, 7) is 14.5. The molecule has 0 radical (unpaired) electrons. The Kier molecular flexibility index (Phi) is 8.82. The lowest BCUT2D eigenvalue weighted by molar-refractivity contribution is 0.0240. The summed E-state index contributed by atoms with van der Waals surface area (Å²) in [5.74, 6) is -0.0682. The molecule has 0 aliphatic carbocycles. The van der Waals surface area contributed by atoms with Gasteiger partial charge in [0.25, 0.3) is 0 Å². The van der Waals surface area contributed by atoms with E-state index < -0.39 is 17.2 Å². The first kappa shape index (κ1) is 31.0. The number of anilines is 5. The van der Waals surface area contributed by atoms with Gasteiger partial charge in [-0.2, -0.15) is 0 Å². The van der Waals surface area contributed by atoms with Crippen molar-refractivity contribution in [2.75, 3.05) is 98.8 Å². The number of halogens is 2. The molecule has 242 valence electrons. The van der Waals surface area contributed by atoms with Crippen molar-refractivity contribution in [2.45, 2.75) is 33.3 Å². The predicted octanol–water partition coefficient (Wildman–Crippen LogP) is 4.69. The average molecular weight is 626 g/mol. The number of carbonyl (C=O) groups is 1. The highest BCUT2D eigenvalue weighted by Gasteiger charge is 2.29. The van der Waals surface area contributed by atoms with Gasteiger partial charge >= 0.3 is 6.09 Å². The quantitative estimate of drug-likeness (QED) is 0.430. The lowest BCUT2D eigenvalue weighted by Gasteiger charge is -2.37. The molecule has 0 spiro atoms. The van der Waals surface area contributed by atoms with Gasteiger partial charge in [0.1, 0.15) is 23.1 Å². The van der Waals surface area contributed by atoms with Crippen LogP contribution in [-0.2, 0) is 14.2 Å². The number of amides is 1. The zero-order valence-corrected chi connectivity index (χ0v) is 26.4. The fraction of sp³-hybridized carbons (Fsp3) is 0.531. The standard InChI is InChI=1S/C32H41F2N7O4/c1-21-28(36-26-19-23(38-9-13-43-14-10-38)20-35-30(26)40-11-15-44-16-12-40)27-24(34)17-22(33)18-25(27)37-29(21)39-5-7-41(8-6-39)31(42)45-32(2,3)4/h17-20H,5-16H2,1-4H3,(H,36,37). The molecule has 0 saturated carbocycles. The number of hydrogen-bond donors (Lipinski definition) is 1. The second-order valence-electron chi connectivity index (χ2n) is 12.6. The van der Waals surface area contributed by atoms with Crippen molar-refractivity contribution in [3.8, 4) is 0 Å². The Morgan fingerprint density at radius 1 is 0.867 bits per heavy atom. The highest BCUT2D eigenvalue weighted by atomic mass is 19.1. The topological polar surface area (TPSA) is 95.5 Å². The van der Waals surface area contributed by atoms with Crippen LogP contribution in [0.15, 0.2) is 24.4 Å². The first-order valence-electron chi connectivity index (χ1n) is 15.5. The van der Waals surface area contributed by atoms with Gasteiger partial charge in [0.15, 0.2) is 5.82 Å². The molecule has 3 aliphatic heterocycles. The van der Waals surface area contributed by atoms with E-state index in [0.717, 1.165) is 30.7 Å². The van der Waals surface area contributed by atoms with Crippen molar-refractivity contribution < 1.29 is 27.8 Å². The van der Waals surface area contributed by atoms with Gasteiger partial charge in [0.2, 0.25) is 0 Å². The minimum atomic E-state index is -0.701. The largest absolute Gasteiger partial charge is 0.444 e. The normalized spacial score (nSPS) is 18.0. The van der Waals surface area contributed by atoms with E-state index in [4.69, 9.17) is 24.2 Å². The highest BCUT2D eigenvalue weighted by molar-refractivity contribution is 5.99. The van der Waals surface area contributed by atoms with Gasteiger partial charge in [0.05, 0.1) is 60.6 Å². The SMILES string of the molecule is Cc1c(N2CCN(C(=O)OC(C)(C)C)CC2)nc2cc(F)cc(F)c2c1Nc1cc(N2CCOCC2)cnc1N1CCOCC1. The number of carbonyl (C=O) groups excluding carboxylic acids is 1.